The lowest BCUT2D eigenvalue weighted by molar-refractivity contribution is 0.0597. The lowest BCUT2D eigenvalue weighted by Crippen LogP contribution is -2.08. The van der Waals surface area contributed by atoms with E-state index in [1.54, 1.807) is 30.3 Å². The molecule has 0 aliphatic heterocycles. The molecule has 2 aromatic carbocycles. The van der Waals surface area contributed by atoms with Crippen molar-refractivity contribution in [2.45, 2.75) is 6.61 Å². The predicted octanol–water partition coefficient (Wildman–Crippen LogP) is 4.45. The van der Waals surface area contributed by atoms with Crippen molar-refractivity contribution in [3.8, 4) is 11.8 Å². The molecule has 0 radical (unpaired) electrons. The molecule has 0 unspecified atom stereocenters. The molecule has 0 fully saturated rings. The molecule has 6 heteroatoms. The third-order valence-electron chi connectivity index (χ3n) is 2.92. The fraction of sp³-hybridized carbons (Fsp3) is 0.125. The molecule has 0 aromatic heterocycles. The van der Waals surface area contributed by atoms with Gasteiger partial charge in [-0.1, -0.05) is 18.2 Å². The van der Waals surface area contributed by atoms with E-state index in [0.717, 1.165) is 5.56 Å². The number of hydrogen-bond donors (Lipinski definition) is 0. The average molecular weight is 425 g/mol. The van der Waals surface area contributed by atoms with Crippen LogP contribution in [0.25, 0.3) is 0 Å². The molecule has 0 amide bonds. The van der Waals surface area contributed by atoms with Gasteiger partial charge < -0.3 is 9.47 Å². The Kier molecular flexibility index (Phi) is 5.58. The maximum atomic E-state index is 11.7. The third-order valence-corrected chi connectivity index (χ3v) is 4.10. The number of carbonyl (C=O) groups excluding carboxylic acids is 1. The molecule has 0 aliphatic rings. The summed E-state index contributed by atoms with van der Waals surface area (Å²) in [4.78, 5) is 11.7. The molecule has 0 bridgehead atoms. The van der Waals surface area contributed by atoms with E-state index in [-0.39, 0.29) is 6.61 Å². The van der Waals surface area contributed by atoms with E-state index in [0.29, 0.717) is 25.8 Å². The average Bonchev–Trinajstić information content (AvgIpc) is 2.53. The number of rotatable bonds is 4. The van der Waals surface area contributed by atoms with Crippen LogP contribution in [-0.2, 0) is 11.3 Å². The number of ether oxygens (including phenoxy) is 2. The van der Waals surface area contributed by atoms with Crippen LogP contribution in [0.5, 0.6) is 5.75 Å². The van der Waals surface area contributed by atoms with Crippen molar-refractivity contribution in [2.75, 3.05) is 7.11 Å². The van der Waals surface area contributed by atoms with Crippen LogP contribution < -0.4 is 4.74 Å². The largest absolute Gasteiger partial charge is 0.487 e. The second-order valence-electron chi connectivity index (χ2n) is 4.32. The zero-order chi connectivity index (χ0) is 16.1. The summed E-state index contributed by atoms with van der Waals surface area (Å²) in [7, 11) is 1.34. The minimum atomic E-state index is -0.405. The van der Waals surface area contributed by atoms with Crippen LogP contribution >= 0.6 is 31.9 Å². The molecule has 0 spiro atoms. The van der Waals surface area contributed by atoms with E-state index in [2.05, 4.69) is 37.9 Å². The van der Waals surface area contributed by atoms with Gasteiger partial charge in [0.25, 0.3) is 0 Å². The Bertz CT molecular complexity index is 730. The molecule has 0 N–H and O–H groups in total. The molecule has 2 rings (SSSR count). The highest BCUT2D eigenvalue weighted by Gasteiger charge is 2.14. The molecular weight excluding hydrogens is 414 g/mol. The van der Waals surface area contributed by atoms with Gasteiger partial charge in [-0.25, -0.2) is 4.79 Å². The van der Waals surface area contributed by atoms with Gasteiger partial charge in [0.05, 0.1) is 33.3 Å². The molecule has 0 atom stereocenters. The Balaban J connectivity index is 2.25. The van der Waals surface area contributed by atoms with Gasteiger partial charge in [-0.2, -0.15) is 5.26 Å². The molecule has 0 saturated carbocycles. The first-order valence-electron chi connectivity index (χ1n) is 6.25. The molecular formula is C16H11Br2NO3. The van der Waals surface area contributed by atoms with Crippen LogP contribution in [-0.4, -0.2) is 13.1 Å². The fourth-order valence-corrected chi connectivity index (χ4v) is 3.28. The molecule has 112 valence electrons. The minimum Gasteiger partial charge on any atom is -0.487 e. The highest BCUT2D eigenvalue weighted by atomic mass is 79.9. The Morgan fingerprint density at radius 1 is 1.23 bits per heavy atom. The summed E-state index contributed by atoms with van der Waals surface area (Å²) in [5.74, 6) is 0.163. The van der Waals surface area contributed by atoms with Crippen molar-refractivity contribution >= 4 is 37.8 Å². The number of halogens is 2. The Labute approximate surface area is 144 Å². The van der Waals surface area contributed by atoms with E-state index in [1.807, 2.05) is 6.07 Å². The summed E-state index contributed by atoms with van der Waals surface area (Å²) >= 11 is 6.75. The highest BCUT2D eigenvalue weighted by Crippen LogP contribution is 2.35. The number of nitriles is 1. The number of methoxy groups -OCH3 is 1. The number of benzene rings is 2. The van der Waals surface area contributed by atoms with E-state index in [1.165, 1.54) is 7.11 Å². The van der Waals surface area contributed by atoms with Gasteiger partial charge in [0, 0.05) is 5.56 Å². The zero-order valence-corrected chi connectivity index (χ0v) is 14.8. The SMILES string of the molecule is COC(=O)c1ccccc1COc1c(Br)cc(C#N)cc1Br. The van der Waals surface area contributed by atoms with Crippen LogP contribution in [0.15, 0.2) is 45.3 Å². The summed E-state index contributed by atoms with van der Waals surface area (Å²) in [6, 6.07) is 12.5. The van der Waals surface area contributed by atoms with Gasteiger partial charge in [-0.15, -0.1) is 0 Å². The quantitative estimate of drug-likeness (QED) is 0.680. The predicted molar refractivity (Wildman–Crippen MR) is 88.7 cm³/mol. The van der Waals surface area contributed by atoms with Crippen LogP contribution in [0, 0.1) is 11.3 Å². The number of nitrogens with zero attached hydrogens (tertiary/aromatic N) is 1. The molecule has 0 aliphatic carbocycles. The van der Waals surface area contributed by atoms with E-state index >= 15 is 0 Å². The number of hydrogen-bond acceptors (Lipinski definition) is 4. The highest BCUT2D eigenvalue weighted by molar-refractivity contribution is 9.11. The lowest BCUT2D eigenvalue weighted by atomic mass is 10.1. The van der Waals surface area contributed by atoms with Gasteiger partial charge >= 0.3 is 5.97 Å². The van der Waals surface area contributed by atoms with Crippen molar-refractivity contribution in [3.63, 3.8) is 0 Å². The monoisotopic (exact) mass is 423 g/mol. The van der Waals surface area contributed by atoms with E-state index < -0.39 is 5.97 Å². The van der Waals surface area contributed by atoms with Crippen LogP contribution in [0.1, 0.15) is 21.5 Å². The number of carbonyl (C=O) groups is 1. The lowest BCUT2D eigenvalue weighted by Gasteiger charge is -2.12. The van der Waals surface area contributed by atoms with Gasteiger partial charge in [0.15, 0.2) is 0 Å². The van der Waals surface area contributed by atoms with E-state index in [9.17, 15) is 4.79 Å². The molecule has 2 aromatic rings. The van der Waals surface area contributed by atoms with E-state index in [4.69, 9.17) is 14.7 Å². The normalized spacial score (nSPS) is 9.91. The fourth-order valence-electron chi connectivity index (χ4n) is 1.87. The van der Waals surface area contributed by atoms with Gasteiger partial charge in [0.2, 0.25) is 0 Å². The second-order valence-corrected chi connectivity index (χ2v) is 6.03. The molecule has 0 saturated heterocycles. The van der Waals surface area contributed by atoms with Crippen molar-refractivity contribution in [2.24, 2.45) is 0 Å². The summed E-state index contributed by atoms with van der Waals surface area (Å²) in [6.07, 6.45) is 0. The standard InChI is InChI=1S/C16H11Br2NO3/c1-21-16(20)12-5-3-2-4-11(12)9-22-15-13(17)6-10(8-19)7-14(15)18/h2-7H,9H2,1H3. The topological polar surface area (TPSA) is 59.3 Å². The van der Waals surface area contributed by atoms with Gasteiger partial charge in [-0.05, 0) is 50.1 Å². The summed E-state index contributed by atoms with van der Waals surface area (Å²) in [5.41, 5.74) is 1.70. The summed E-state index contributed by atoms with van der Waals surface area (Å²) in [5, 5.41) is 8.93. The maximum Gasteiger partial charge on any atom is 0.338 e. The molecule has 0 heterocycles. The van der Waals surface area contributed by atoms with Crippen molar-refractivity contribution < 1.29 is 14.3 Å². The van der Waals surface area contributed by atoms with Crippen LogP contribution in [0.3, 0.4) is 0 Å². The minimum absolute atomic E-state index is 0.203. The van der Waals surface area contributed by atoms with Crippen molar-refractivity contribution in [1.29, 1.82) is 5.26 Å². The van der Waals surface area contributed by atoms with Gasteiger partial charge in [-0.3, -0.25) is 0 Å². The Morgan fingerprint density at radius 3 is 2.45 bits per heavy atom. The Hall–Kier alpha value is -1.84. The maximum absolute atomic E-state index is 11.7. The molecule has 22 heavy (non-hydrogen) atoms. The van der Waals surface area contributed by atoms with Gasteiger partial charge in [0.1, 0.15) is 12.4 Å². The zero-order valence-electron chi connectivity index (χ0n) is 11.6. The van der Waals surface area contributed by atoms with Crippen LogP contribution in [0.2, 0.25) is 0 Å². The number of esters is 1. The van der Waals surface area contributed by atoms with Crippen molar-refractivity contribution in [1.82, 2.24) is 0 Å². The summed E-state index contributed by atoms with van der Waals surface area (Å²) in [6.45, 7) is 0.203. The molecule has 4 nitrogen and oxygen atoms in total. The third kappa shape index (κ3) is 3.67. The van der Waals surface area contributed by atoms with Crippen LogP contribution in [0.4, 0.5) is 0 Å². The smallest absolute Gasteiger partial charge is 0.338 e. The first-order valence-corrected chi connectivity index (χ1v) is 7.83. The Morgan fingerprint density at radius 2 is 1.86 bits per heavy atom. The first kappa shape index (κ1) is 16.5. The summed E-state index contributed by atoms with van der Waals surface area (Å²) < 4.78 is 11.9. The second kappa shape index (κ2) is 7.43. The first-order chi connectivity index (χ1) is 10.6. The van der Waals surface area contributed by atoms with Crippen molar-refractivity contribution in [3.05, 3.63) is 62.0 Å².